The van der Waals surface area contributed by atoms with Gasteiger partial charge in [-0.1, -0.05) is 42.5 Å². The molecule has 0 aliphatic heterocycles. The number of hydrogen-bond donors (Lipinski definition) is 1. The second-order valence-electron chi connectivity index (χ2n) is 8.85. The standard InChI is InChI=1S/C28H28N4O3/c33-28(34)19-35-27-9-3-7-23-15-21(10-11-25(23)27)5-4-13-32-18-22(17-30-32)16-24-6-1-2-8-26(24)31-14-12-29-20-31/h1-9,12,14,17-18,20-21H,10-11,13,15-16,19H2,(H,33,34). The Hall–Kier alpha value is -4.13. The van der Waals surface area contributed by atoms with E-state index in [4.69, 9.17) is 9.84 Å². The largest absolute Gasteiger partial charge is 0.482 e. The summed E-state index contributed by atoms with van der Waals surface area (Å²) in [5.74, 6) is 0.198. The number of hydrogen-bond acceptors (Lipinski definition) is 4. The van der Waals surface area contributed by atoms with E-state index in [1.165, 1.54) is 16.7 Å². The summed E-state index contributed by atoms with van der Waals surface area (Å²) in [6.45, 7) is 0.426. The molecule has 0 saturated carbocycles. The Balaban J connectivity index is 1.18. The van der Waals surface area contributed by atoms with Crippen molar-refractivity contribution in [2.75, 3.05) is 6.61 Å². The monoisotopic (exact) mass is 468 g/mol. The van der Waals surface area contributed by atoms with Gasteiger partial charge in [-0.3, -0.25) is 4.68 Å². The quantitative estimate of drug-likeness (QED) is 0.366. The van der Waals surface area contributed by atoms with Crippen LogP contribution < -0.4 is 4.74 Å². The number of fused-ring (bicyclic) bond motifs is 1. The molecule has 0 bridgehead atoms. The van der Waals surface area contributed by atoms with Crippen LogP contribution in [0.1, 0.15) is 28.7 Å². The number of nitrogens with zero attached hydrogens (tertiary/aromatic N) is 4. The fourth-order valence-corrected chi connectivity index (χ4v) is 4.73. The van der Waals surface area contributed by atoms with Gasteiger partial charge in [0.25, 0.3) is 0 Å². The lowest BCUT2D eigenvalue weighted by molar-refractivity contribution is -0.139. The number of aliphatic carboxylic acids is 1. The predicted molar refractivity (Wildman–Crippen MR) is 133 cm³/mol. The highest BCUT2D eigenvalue weighted by molar-refractivity contribution is 5.68. The number of carboxylic acid groups (broad SMARTS) is 1. The Kier molecular flexibility index (Phi) is 6.75. The van der Waals surface area contributed by atoms with Crippen LogP contribution in [0.2, 0.25) is 0 Å². The summed E-state index contributed by atoms with van der Waals surface area (Å²) in [4.78, 5) is 15.0. The zero-order chi connectivity index (χ0) is 24.0. The Morgan fingerprint density at radius 2 is 2.11 bits per heavy atom. The average molecular weight is 469 g/mol. The van der Waals surface area contributed by atoms with E-state index in [9.17, 15) is 4.79 Å². The van der Waals surface area contributed by atoms with E-state index in [1.807, 2.05) is 46.2 Å². The number of imidazole rings is 1. The molecular weight excluding hydrogens is 440 g/mol. The minimum Gasteiger partial charge on any atom is -0.482 e. The molecule has 0 fully saturated rings. The van der Waals surface area contributed by atoms with Crippen molar-refractivity contribution < 1.29 is 14.6 Å². The fourth-order valence-electron chi connectivity index (χ4n) is 4.73. The minimum absolute atomic E-state index is 0.305. The number of aromatic nitrogens is 4. The molecule has 4 aromatic rings. The van der Waals surface area contributed by atoms with Gasteiger partial charge in [-0.25, -0.2) is 9.78 Å². The Morgan fingerprint density at radius 1 is 1.20 bits per heavy atom. The molecule has 35 heavy (non-hydrogen) atoms. The maximum absolute atomic E-state index is 10.8. The van der Waals surface area contributed by atoms with Gasteiger partial charge in [0.1, 0.15) is 5.75 Å². The lowest BCUT2D eigenvalue weighted by atomic mass is 9.83. The first-order chi connectivity index (χ1) is 17.2. The average Bonchev–Trinajstić information content (AvgIpc) is 3.55. The van der Waals surface area contributed by atoms with Gasteiger partial charge in [0.05, 0.1) is 19.1 Å². The van der Waals surface area contributed by atoms with Crippen molar-refractivity contribution in [2.45, 2.75) is 32.2 Å². The van der Waals surface area contributed by atoms with Crippen LogP contribution in [0.5, 0.6) is 5.75 Å². The summed E-state index contributed by atoms with van der Waals surface area (Å²) in [6.07, 6.45) is 17.7. The second-order valence-corrected chi connectivity index (χ2v) is 8.85. The highest BCUT2D eigenvalue weighted by Gasteiger charge is 2.20. The van der Waals surface area contributed by atoms with Crippen molar-refractivity contribution in [1.29, 1.82) is 0 Å². The highest BCUT2D eigenvalue weighted by atomic mass is 16.5. The Morgan fingerprint density at radius 3 is 2.97 bits per heavy atom. The fraction of sp³-hybridized carbons (Fsp3) is 0.250. The van der Waals surface area contributed by atoms with Crippen molar-refractivity contribution in [3.63, 3.8) is 0 Å². The van der Waals surface area contributed by atoms with Gasteiger partial charge < -0.3 is 14.4 Å². The summed E-state index contributed by atoms with van der Waals surface area (Å²) in [6, 6.07) is 14.3. The van der Waals surface area contributed by atoms with Gasteiger partial charge in [-0.05, 0) is 59.6 Å². The molecule has 1 atom stereocenters. The molecule has 2 aromatic heterocycles. The third kappa shape index (κ3) is 5.51. The molecule has 0 amide bonds. The van der Waals surface area contributed by atoms with Crippen LogP contribution in [0.3, 0.4) is 0 Å². The SMILES string of the molecule is O=C(O)COc1cccc2c1CCC(C=CCn1cc(Cc3ccccc3-n3ccnc3)cn1)C2. The molecule has 1 unspecified atom stereocenters. The first-order valence-corrected chi connectivity index (χ1v) is 11.9. The van der Waals surface area contributed by atoms with Crippen LogP contribution in [-0.2, 0) is 30.6 Å². The van der Waals surface area contributed by atoms with E-state index in [0.29, 0.717) is 11.7 Å². The van der Waals surface area contributed by atoms with E-state index >= 15 is 0 Å². The van der Waals surface area contributed by atoms with Crippen LogP contribution in [0, 0.1) is 5.92 Å². The number of ether oxygens (including phenoxy) is 1. The smallest absolute Gasteiger partial charge is 0.341 e. The van der Waals surface area contributed by atoms with Crippen molar-refractivity contribution in [3.05, 3.63) is 108 Å². The molecule has 7 heteroatoms. The van der Waals surface area contributed by atoms with E-state index < -0.39 is 5.97 Å². The topological polar surface area (TPSA) is 82.2 Å². The van der Waals surface area contributed by atoms with Crippen molar-refractivity contribution in [2.24, 2.45) is 5.92 Å². The Labute approximate surface area is 204 Å². The molecule has 178 valence electrons. The van der Waals surface area contributed by atoms with E-state index in [-0.39, 0.29) is 6.61 Å². The molecule has 5 rings (SSSR count). The third-order valence-corrected chi connectivity index (χ3v) is 6.38. The summed E-state index contributed by atoms with van der Waals surface area (Å²) >= 11 is 0. The first kappa shape index (κ1) is 22.7. The second kappa shape index (κ2) is 10.4. The van der Waals surface area contributed by atoms with Gasteiger partial charge in [-0.2, -0.15) is 5.10 Å². The predicted octanol–water partition coefficient (Wildman–Crippen LogP) is 4.48. The van der Waals surface area contributed by atoms with Crippen molar-refractivity contribution >= 4 is 5.97 Å². The number of carbonyl (C=O) groups is 1. The molecule has 1 aliphatic carbocycles. The van der Waals surface area contributed by atoms with Crippen LogP contribution in [0.15, 0.2) is 85.7 Å². The lowest BCUT2D eigenvalue weighted by Crippen LogP contribution is -2.16. The Bertz CT molecular complexity index is 1320. The zero-order valence-electron chi connectivity index (χ0n) is 19.5. The molecule has 0 spiro atoms. The number of rotatable bonds is 9. The van der Waals surface area contributed by atoms with Crippen LogP contribution >= 0.6 is 0 Å². The number of carboxylic acids is 1. The first-order valence-electron chi connectivity index (χ1n) is 11.9. The van der Waals surface area contributed by atoms with E-state index in [0.717, 1.165) is 43.5 Å². The molecule has 0 radical (unpaired) electrons. The van der Waals surface area contributed by atoms with Gasteiger partial charge in [0, 0.05) is 30.7 Å². The van der Waals surface area contributed by atoms with E-state index in [1.54, 1.807) is 6.20 Å². The normalized spacial score (nSPS) is 15.3. The van der Waals surface area contributed by atoms with Gasteiger partial charge in [-0.15, -0.1) is 0 Å². The van der Waals surface area contributed by atoms with E-state index in [2.05, 4.69) is 52.7 Å². The maximum Gasteiger partial charge on any atom is 0.341 e. The molecule has 1 aliphatic rings. The maximum atomic E-state index is 10.8. The van der Waals surface area contributed by atoms with Gasteiger partial charge in [0.2, 0.25) is 0 Å². The third-order valence-electron chi connectivity index (χ3n) is 6.38. The lowest BCUT2D eigenvalue weighted by Gasteiger charge is -2.24. The molecule has 7 nitrogen and oxygen atoms in total. The summed E-state index contributed by atoms with van der Waals surface area (Å²) < 4.78 is 9.49. The van der Waals surface area contributed by atoms with Gasteiger partial charge >= 0.3 is 5.97 Å². The molecule has 2 heterocycles. The van der Waals surface area contributed by atoms with Crippen LogP contribution in [0.4, 0.5) is 0 Å². The van der Waals surface area contributed by atoms with Crippen LogP contribution in [0.25, 0.3) is 5.69 Å². The van der Waals surface area contributed by atoms with Gasteiger partial charge in [0.15, 0.2) is 6.61 Å². The molecule has 1 N–H and O–H groups in total. The highest BCUT2D eigenvalue weighted by Crippen LogP contribution is 2.32. The number of allylic oxidation sites excluding steroid dienone is 2. The zero-order valence-corrected chi connectivity index (χ0v) is 19.5. The molecule has 0 saturated heterocycles. The number of benzene rings is 2. The minimum atomic E-state index is -0.955. The summed E-state index contributed by atoms with van der Waals surface area (Å²) in [7, 11) is 0. The van der Waals surface area contributed by atoms with Crippen molar-refractivity contribution in [1.82, 2.24) is 19.3 Å². The molecule has 2 aromatic carbocycles. The summed E-state index contributed by atoms with van der Waals surface area (Å²) in [5, 5.41) is 13.4. The molecular formula is C28H28N4O3. The number of para-hydroxylation sites is 1. The summed E-state index contributed by atoms with van der Waals surface area (Å²) in [5.41, 5.74) is 5.92. The van der Waals surface area contributed by atoms with Crippen LogP contribution in [-0.4, -0.2) is 37.0 Å². The van der Waals surface area contributed by atoms with Crippen molar-refractivity contribution in [3.8, 4) is 11.4 Å².